The van der Waals surface area contributed by atoms with Crippen molar-refractivity contribution in [3.05, 3.63) is 78.2 Å². The van der Waals surface area contributed by atoms with Crippen LogP contribution >= 0.6 is 0 Å². The number of rotatable bonds is 9. The minimum Gasteiger partial charge on any atom is -0.472 e. The van der Waals surface area contributed by atoms with Crippen molar-refractivity contribution in [1.82, 2.24) is 0 Å². The zero-order valence-corrected chi connectivity index (χ0v) is 14.4. The van der Waals surface area contributed by atoms with Crippen LogP contribution in [0.2, 0.25) is 0 Å². The van der Waals surface area contributed by atoms with Crippen molar-refractivity contribution < 1.29 is 13.9 Å². The van der Waals surface area contributed by atoms with Gasteiger partial charge in [-0.15, -0.1) is 0 Å². The minimum atomic E-state index is -0.836. The van der Waals surface area contributed by atoms with Crippen LogP contribution in [0.15, 0.2) is 75.9 Å². The van der Waals surface area contributed by atoms with Crippen LogP contribution in [0.4, 0.5) is 0 Å². The zero-order valence-electron chi connectivity index (χ0n) is 14.4. The first kappa shape index (κ1) is 18.1. The molecule has 3 nitrogen and oxygen atoms in total. The van der Waals surface area contributed by atoms with Gasteiger partial charge in [-0.25, -0.2) is 0 Å². The van der Waals surface area contributed by atoms with Crippen molar-refractivity contribution in [1.29, 1.82) is 0 Å². The Morgan fingerprint density at radius 2 is 1.96 bits per heavy atom. The number of hydrogen-bond acceptors (Lipinski definition) is 3. The lowest BCUT2D eigenvalue weighted by atomic mass is 10.00. The lowest BCUT2D eigenvalue weighted by Crippen LogP contribution is -2.19. The molecule has 0 saturated heterocycles. The van der Waals surface area contributed by atoms with Gasteiger partial charge in [0, 0.05) is 5.56 Å². The van der Waals surface area contributed by atoms with Crippen molar-refractivity contribution >= 4 is 6.08 Å². The highest BCUT2D eigenvalue weighted by Crippen LogP contribution is 2.15. The highest BCUT2D eigenvalue weighted by molar-refractivity contribution is 5.47. The van der Waals surface area contributed by atoms with E-state index in [2.05, 4.69) is 13.0 Å². The first-order chi connectivity index (χ1) is 11.6. The third-order valence-electron chi connectivity index (χ3n) is 3.81. The Morgan fingerprint density at radius 1 is 1.17 bits per heavy atom. The molecule has 0 unspecified atom stereocenters. The normalized spacial score (nSPS) is 15.4. The van der Waals surface area contributed by atoms with E-state index in [0.29, 0.717) is 6.42 Å². The van der Waals surface area contributed by atoms with Crippen LogP contribution in [-0.2, 0) is 6.42 Å². The lowest BCUT2D eigenvalue weighted by molar-refractivity contribution is 0.115. The molecule has 0 aliphatic heterocycles. The SMILES string of the molecule is CC(=CCCc1ccoc1)CC=C[C@](C)(O)CC=Cc1ccoc1. The summed E-state index contributed by atoms with van der Waals surface area (Å²) in [5.74, 6) is 0. The molecule has 0 aromatic carbocycles. The Balaban J connectivity index is 1.72. The summed E-state index contributed by atoms with van der Waals surface area (Å²) in [6.45, 7) is 3.94. The van der Waals surface area contributed by atoms with E-state index in [0.717, 1.165) is 24.8 Å². The summed E-state index contributed by atoms with van der Waals surface area (Å²) in [6.07, 6.45) is 20.3. The quantitative estimate of drug-likeness (QED) is 0.614. The average molecular weight is 326 g/mol. The van der Waals surface area contributed by atoms with Gasteiger partial charge in [-0.05, 0) is 57.2 Å². The van der Waals surface area contributed by atoms with Crippen molar-refractivity contribution in [2.45, 2.75) is 45.1 Å². The molecule has 0 amide bonds. The molecule has 1 N–H and O–H groups in total. The molecule has 0 saturated carbocycles. The van der Waals surface area contributed by atoms with E-state index < -0.39 is 5.60 Å². The van der Waals surface area contributed by atoms with Gasteiger partial charge in [0.05, 0.1) is 30.7 Å². The molecule has 0 aliphatic rings. The summed E-state index contributed by atoms with van der Waals surface area (Å²) < 4.78 is 10.1. The largest absolute Gasteiger partial charge is 0.472 e. The van der Waals surface area contributed by atoms with Crippen LogP contribution in [0.25, 0.3) is 6.08 Å². The standard InChI is InChI=1S/C21H26O3/c1-18(6-3-8-19-10-14-23-16-19)7-4-12-21(2,22)13-5-9-20-11-15-24-17-20/h4-6,9-12,14-17,22H,3,7-8,13H2,1-2H3/t21-/m0/s1. The molecule has 3 heteroatoms. The predicted octanol–water partition coefficient (Wildman–Crippen LogP) is 5.55. The van der Waals surface area contributed by atoms with E-state index in [1.165, 1.54) is 11.1 Å². The molecule has 1 atom stereocenters. The molecule has 24 heavy (non-hydrogen) atoms. The smallest absolute Gasteiger partial charge is 0.0974 e. The Hall–Kier alpha value is -2.26. The highest BCUT2D eigenvalue weighted by Gasteiger charge is 2.13. The lowest BCUT2D eigenvalue weighted by Gasteiger charge is -2.16. The second-order valence-corrected chi connectivity index (χ2v) is 6.35. The fourth-order valence-electron chi connectivity index (χ4n) is 2.37. The van der Waals surface area contributed by atoms with Crippen molar-refractivity contribution in [3.8, 4) is 0 Å². The van der Waals surface area contributed by atoms with E-state index in [4.69, 9.17) is 8.83 Å². The summed E-state index contributed by atoms with van der Waals surface area (Å²) in [7, 11) is 0. The van der Waals surface area contributed by atoms with Gasteiger partial charge in [0.2, 0.25) is 0 Å². The van der Waals surface area contributed by atoms with Gasteiger partial charge in [-0.2, -0.15) is 0 Å². The maximum Gasteiger partial charge on any atom is 0.0974 e. The number of allylic oxidation sites excluding steroid dienone is 3. The highest BCUT2D eigenvalue weighted by atomic mass is 16.3. The number of furan rings is 2. The second-order valence-electron chi connectivity index (χ2n) is 6.35. The van der Waals surface area contributed by atoms with Gasteiger partial charge in [0.25, 0.3) is 0 Å². The third kappa shape index (κ3) is 6.88. The van der Waals surface area contributed by atoms with Crippen LogP contribution in [-0.4, -0.2) is 10.7 Å². The van der Waals surface area contributed by atoms with Crippen LogP contribution in [0.1, 0.15) is 44.2 Å². The van der Waals surface area contributed by atoms with Gasteiger partial charge >= 0.3 is 0 Å². The van der Waals surface area contributed by atoms with Crippen LogP contribution < -0.4 is 0 Å². The van der Waals surface area contributed by atoms with E-state index >= 15 is 0 Å². The summed E-state index contributed by atoms with van der Waals surface area (Å²) in [5.41, 5.74) is 2.70. The Kier molecular flexibility index (Phi) is 6.89. The van der Waals surface area contributed by atoms with Gasteiger partial charge < -0.3 is 13.9 Å². The fraction of sp³-hybridized carbons (Fsp3) is 0.333. The zero-order chi connectivity index (χ0) is 17.3. The Bertz CT molecular complexity index is 656. The molecule has 2 aromatic heterocycles. The van der Waals surface area contributed by atoms with Crippen LogP contribution in [0.3, 0.4) is 0 Å². The maximum atomic E-state index is 10.4. The van der Waals surface area contributed by atoms with Crippen molar-refractivity contribution in [3.63, 3.8) is 0 Å². The van der Waals surface area contributed by atoms with Gasteiger partial charge in [0.1, 0.15) is 0 Å². The topological polar surface area (TPSA) is 46.5 Å². The molecule has 2 aromatic rings. The van der Waals surface area contributed by atoms with Crippen molar-refractivity contribution in [2.75, 3.05) is 0 Å². The summed E-state index contributed by atoms with van der Waals surface area (Å²) in [5, 5.41) is 10.4. The molecule has 128 valence electrons. The summed E-state index contributed by atoms with van der Waals surface area (Å²) in [6, 6.07) is 3.88. The van der Waals surface area contributed by atoms with Crippen LogP contribution in [0.5, 0.6) is 0 Å². The molecule has 0 radical (unpaired) electrons. The first-order valence-corrected chi connectivity index (χ1v) is 8.31. The second kappa shape index (κ2) is 9.14. The van der Waals surface area contributed by atoms with Gasteiger partial charge in [-0.3, -0.25) is 0 Å². The minimum absolute atomic E-state index is 0.567. The van der Waals surface area contributed by atoms with E-state index in [1.54, 1.807) is 25.1 Å². The molecule has 2 rings (SSSR count). The molecular formula is C21H26O3. The van der Waals surface area contributed by atoms with E-state index in [1.807, 2.05) is 43.4 Å². The van der Waals surface area contributed by atoms with Gasteiger partial charge in [0.15, 0.2) is 0 Å². The predicted molar refractivity (Wildman–Crippen MR) is 97.5 cm³/mol. The number of aryl methyl sites for hydroxylation is 1. The van der Waals surface area contributed by atoms with E-state index in [-0.39, 0.29) is 0 Å². The van der Waals surface area contributed by atoms with Crippen LogP contribution in [0, 0.1) is 0 Å². The average Bonchev–Trinajstić information content (AvgIpc) is 3.20. The van der Waals surface area contributed by atoms with Gasteiger partial charge in [-0.1, -0.05) is 36.0 Å². The molecule has 2 heterocycles. The number of hydrogen-bond donors (Lipinski definition) is 1. The van der Waals surface area contributed by atoms with E-state index in [9.17, 15) is 5.11 Å². The molecule has 0 bridgehead atoms. The fourth-order valence-corrected chi connectivity index (χ4v) is 2.37. The first-order valence-electron chi connectivity index (χ1n) is 8.31. The molecular weight excluding hydrogens is 300 g/mol. The molecule has 0 aliphatic carbocycles. The molecule has 0 spiro atoms. The Morgan fingerprint density at radius 3 is 2.67 bits per heavy atom. The number of aliphatic hydroxyl groups is 1. The molecule has 0 fully saturated rings. The monoisotopic (exact) mass is 326 g/mol. The third-order valence-corrected chi connectivity index (χ3v) is 3.81. The summed E-state index contributed by atoms with van der Waals surface area (Å²) >= 11 is 0. The summed E-state index contributed by atoms with van der Waals surface area (Å²) in [4.78, 5) is 0. The van der Waals surface area contributed by atoms with Crippen molar-refractivity contribution in [2.24, 2.45) is 0 Å². The Labute approximate surface area is 144 Å². The maximum absolute atomic E-state index is 10.4.